The van der Waals surface area contributed by atoms with E-state index in [1.807, 2.05) is 4.57 Å². The summed E-state index contributed by atoms with van der Waals surface area (Å²) < 4.78 is 40.4. The molecule has 0 N–H and O–H groups in total. The average molecular weight is 342 g/mol. The van der Waals surface area contributed by atoms with Crippen LogP contribution in [-0.4, -0.2) is 71.2 Å². The van der Waals surface area contributed by atoms with Crippen molar-refractivity contribution in [1.29, 1.82) is 0 Å². The van der Waals surface area contributed by atoms with Crippen LogP contribution in [0, 0.1) is 5.92 Å². The molecule has 0 amide bonds. The first-order valence-electron chi connectivity index (χ1n) is 8.11. The maximum atomic E-state index is 12.6. The minimum Gasteiger partial charge on any atom is -0.377 e. The van der Waals surface area contributed by atoms with Gasteiger partial charge in [0.05, 0.1) is 25.1 Å². The van der Waals surface area contributed by atoms with Crippen LogP contribution in [0.1, 0.15) is 19.3 Å². The molecule has 1 aromatic rings. The van der Waals surface area contributed by atoms with Crippen LogP contribution in [0.2, 0.25) is 0 Å². The molecular formula is C14H22N4O4S. The van der Waals surface area contributed by atoms with Crippen molar-refractivity contribution in [2.45, 2.75) is 36.7 Å². The number of rotatable bonds is 4. The molecule has 1 spiro atoms. The highest BCUT2D eigenvalue weighted by Gasteiger charge is 2.48. The molecule has 2 saturated heterocycles. The number of aromatic nitrogens is 3. The van der Waals surface area contributed by atoms with Crippen molar-refractivity contribution in [3.63, 3.8) is 0 Å². The van der Waals surface area contributed by atoms with Gasteiger partial charge in [-0.25, -0.2) is 8.42 Å². The van der Waals surface area contributed by atoms with E-state index >= 15 is 0 Å². The van der Waals surface area contributed by atoms with E-state index in [1.165, 1.54) is 0 Å². The summed E-state index contributed by atoms with van der Waals surface area (Å²) in [4.78, 5) is 0. The fourth-order valence-electron chi connectivity index (χ4n) is 3.55. The SMILES string of the molecule is O=S(=O)(C1CC1)N1CCOC[C@@]2(C[C@@H](Cn3cnnc3)CO2)C1. The highest BCUT2D eigenvalue weighted by molar-refractivity contribution is 7.90. The zero-order valence-electron chi connectivity index (χ0n) is 13.0. The van der Waals surface area contributed by atoms with E-state index in [2.05, 4.69) is 10.2 Å². The maximum absolute atomic E-state index is 12.6. The van der Waals surface area contributed by atoms with E-state index in [4.69, 9.17) is 9.47 Å². The molecule has 3 fully saturated rings. The van der Waals surface area contributed by atoms with Gasteiger partial charge in [0.15, 0.2) is 0 Å². The van der Waals surface area contributed by atoms with Gasteiger partial charge in [-0.15, -0.1) is 10.2 Å². The Bertz CT molecular complexity index is 646. The second-order valence-corrected chi connectivity index (χ2v) is 9.07. The highest BCUT2D eigenvalue weighted by Crippen LogP contribution is 2.37. The van der Waals surface area contributed by atoms with Crippen LogP contribution in [0.25, 0.3) is 0 Å². The molecule has 128 valence electrons. The van der Waals surface area contributed by atoms with Crippen molar-refractivity contribution in [3.8, 4) is 0 Å². The second-order valence-electron chi connectivity index (χ2n) is 6.85. The van der Waals surface area contributed by atoms with E-state index in [0.29, 0.717) is 38.8 Å². The molecule has 3 heterocycles. The summed E-state index contributed by atoms with van der Waals surface area (Å²) >= 11 is 0. The third-order valence-corrected chi connectivity index (χ3v) is 7.19. The molecule has 8 nitrogen and oxygen atoms in total. The van der Waals surface area contributed by atoms with Crippen LogP contribution >= 0.6 is 0 Å². The zero-order valence-corrected chi connectivity index (χ0v) is 13.8. The molecule has 3 aliphatic rings. The molecule has 0 radical (unpaired) electrons. The van der Waals surface area contributed by atoms with Crippen LogP contribution in [0.4, 0.5) is 0 Å². The molecule has 9 heteroatoms. The Morgan fingerprint density at radius 3 is 2.78 bits per heavy atom. The van der Waals surface area contributed by atoms with Gasteiger partial charge in [0.2, 0.25) is 10.0 Å². The van der Waals surface area contributed by atoms with Gasteiger partial charge >= 0.3 is 0 Å². The number of ether oxygens (including phenoxy) is 2. The van der Waals surface area contributed by atoms with Crippen LogP contribution in [0.5, 0.6) is 0 Å². The molecule has 0 bridgehead atoms. The van der Waals surface area contributed by atoms with Crippen molar-refractivity contribution in [2.75, 3.05) is 32.9 Å². The first-order valence-corrected chi connectivity index (χ1v) is 9.61. The van der Waals surface area contributed by atoms with Crippen LogP contribution in [-0.2, 0) is 26.0 Å². The Morgan fingerprint density at radius 2 is 2.04 bits per heavy atom. The van der Waals surface area contributed by atoms with Gasteiger partial charge in [-0.1, -0.05) is 0 Å². The zero-order chi connectivity index (χ0) is 15.9. The molecular weight excluding hydrogens is 320 g/mol. The Labute approximate surface area is 135 Å². The summed E-state index contributed by atoms with van der Waals surface area (Å²) in [6, 6.07) is 0. The lowest BCUT2D eigenvalue weighted by Gasteiger charge is -2.30. The van der Waals surface area contributed by atoms with Gasteiger partial charge in [0, 0.05) is 25.6 Å². The quantitative estimate of drug-likeness (QED) is 0.758. The van der Waals surface area contributed by atoms with Crippen molar-refractivity contribution in [3.05, 3.63) is 12.7 Å². The van der Waals surface area contributed by atoms with E-state index < -0.39 is 15.6 Å². The summed E-state index contributed by atoms with van der Waals surface area (Å²) in [7, 11) is -3.19. The second kappa shape index (κ2) is 5.80. The monoisotopic (exact) mass is 342 g/mol. The predicted molar refractivity (Wildman–Crippen MR) is 81.1 cm³/mol. The van der Waals surface area contributed by atoms with Crippen LogP contribution in [0.15, 0.2) is 12.7 Å². The number of hydrogen-bond donors (Lipinski definition) is 0. The van der Waals surface area contributed by atoms with Crippen molar-refractivity contribution < 1.29 is 17.9 Å². The average Bonchev–Trinajstić information content (AvgIpc) is 3.20. The first kappa shape index (κ1) is 15.5. The van der Waals surface area contributed by atoms with E-state index in [-0.39, 0.29) is 5.25 Å². The molecule has 2 atom stereocenters. The Balaban J connectivity index is 1.46. The minimum absolute atomic E-state index is 0.188. The molecule has 4 rings (SSSR count). The number of sulfonamides is 1. The van der Waals surface area contributed by atoms with Crippen molar-refractivity contribution in [2.24, 2.45) is 5.92 Å². The summed E-state index contributed by atoms with van der Waals surface area (Å²) in [6.45, 7) is 3.13. The standard InChI is InChI=1S/C14H22N4O4S/c19-23(20,13-1-2-13)18-3-4-21-9-14(8-18)5-12(7-22-14)6-17-10-15-16-11-17/h10-13H,1-9H2/t12-,14+/m0/s1. The third kappa shape index (κ3) is 3.15. The number of nitrogens with zero attached hydrogens (tertiary/aromatic N) is 4. The van der Waals surface area contributed by atoms with Gasteiger partial charge in [-0.2, -0.15) is 4.31 Å². The Morgan fingerprint density at radius 1 is 1.26 bits per heavy atom. The normalized spacial score (nSPS) is 33.1. The summed E-state index contributed by atoms with van der Waals surface area (Å²) in [5.74, 6) is 0.318. The van der Waals surface area contributed by atoms with Gasteiger partial charge in [-0.05, 0) is 19.3 Å². The highest BCUT2D eigenvalue weighted by atomic mass is 32.2. The Kier molecular flexibility index (Phi) is 3.91. The maximum Gasteiger partial charge on any atom is 0.217 e. The smallest absolute Gasteiger partial charge is 0.217 e. The number of hydrogen-bond acceptors (Lipinski definition) is 6. The lowest BCUT2D eigenvalue weighted by atomic mass is 9.94. The van der Waals surface area contributed by atoms with Gasteiger partial charge < -0.3 is 14.0 Å². The summed E-state index contributed by atoms with van der Waals surface area (Å²) in [5.41, 5.74) is -0.517. The molecule has 2 aliphatic heterocycles. The fourth-order valence-corrected chi connectivity index (χ4v) is 5.44. The van der Waals surface area contributed by atoms with Crippen LogP contribution < -0.4 is 0 Å². The molecule has 0 unspecified atom stereocenters. The van der Waals surface area contributed by atoms with Gasteiger partial charge in [-0.3, -0.25) is 0 Å². The summed E-state index contributed by atoms with van der Waals surface area (Å²) in [6.07, 6.45) is 5.74. The topological polar surface area (TPSA) is 86.6 Å². The first-order chi connectivity index (χ1) is 11.1. The summed E-state index contributed by atoms with van der Waals surface area (Å²) in [5, 5.41) is 7.44. The van der Waals surface area contributed by atoms with Crippen molar-refractivity contribution >= 4 is 10.0 Å². The predicted octanol–water partition coefficient (Wildman–Crippen LogP) is -0.122. The van der Waals surface area contributed by atoms with Crippen LogP contribution in [0.3, 0.4) is 0 Å². The molecule has 23 heavy (non-hydrogen) atoms. The molecule has 1 aromatic heterocycles. The molecule has 1 aliphatic carbocycles. The van der Waals surface area contributed by atoms with Crippen molar-refractivity contribution in [1.82, 2.24) is 19.1 Å². The fraction of sp³-hybridized carbons (Fsp3) is 0.857. The third-order valence-electron chi connectivity index (χ3n) is 4.84. The van der Waals surface area contributed by atoms with E-state index in [0.717, 1.165) is 25.8 Å². The molecule has 0 aromatic carbocycles. The van der Waals surface area contributed by atoms with Gasteiger partial charge in [0.25, 0.3) is 0 Å². The van der Waals surface area contributed by atoms with E-state index in [1.54, 1.807) is 17.0 Å². The largest absolute Gasteiger partial charge is 0.377 e. The lowest BCUT2D eigenvalue weighted by molar-refractivity contribution is -0.0512. The molecule has 1 saturated carbocycles. The Hall–Kier alpha value is -1.03. The van der Waals surface area contributed by atoms with E-state index in [9.17, 15) is 8.42 Å². The van der Waals surface area contributed by atoms with Gasteiger partial charge in [0.1, 0.15) is 18.3 Å². The lowest BCUT2D eigenvalue weighted by Crippen LogP contribution is -2.47. The minimum atomic E-state index is -3.19.